The van der Waals surface area contributed by atoms with Gasteiger partial charge in [-0.3, -0.25) is 4.79 Å². The Balaban J connectivity index is 2.57. The molecule has 0 aliphatic carbocycles. The molecule has 1 heterocycles. The standard InChI is InChI=1S/C9H11Br2NOS/c1-6(10)9(13)12(2)4-7-3-8(11)14-5-7/h3,5-6H,4H2,1-2H3. The van der Waals surface area contributed by atoms with Crippen molar-refractivity contribution in [1.29, 1.82) is 0 Å². The smallest absolute Gasteiger partial charge is 0.236 e. The third-order valence-corrected chi connectivity index (χ3v) is 3.70. The van der Waals surface area contributed by atoms with Crippen LogP contribution in [0, 0.1) is 0 Å². The van der Waals surface area contributed by atoms with E-state index < -0.39 is 0 Å². The highest BCUT2D eigenvalue weighted by molar-refractivity contribution is 9.11. The fourth-order valence-electron chi connectivity index (χ4n) is 1.08. The SMILES string of the molecule is CC(Br)C(=O)N(C)Cc1csc(Br)c1. The minimum absolute atomic E-state index is 0.104. The molecule has 1 atom stereocenters. The van der Waals surface area contributed by atoms with Crippen molar-refractivity contribution in [3.63, 3.8) is 0 Å². The molecule has 1 rings (SSSR count). The first-order chi connectivity index (χ1) is 6.50. The number of carbonyl (C=O) groups is 1. The molecule has 1 aromatic rings. The minimum atomic E-state index is -0.116. The fraction of sp³-hybridized carbons (Fsp3) is 0.444. The number of amides is 1. The van der Waals surface area contributed by atoms with Gasteiger partial charge in [0.05, 0.1) is 8.61 Å². The van der Waals surface area contributed by atoms with E-state index in [2.05, 4.69) is 31.9 Å². The molecule has 0 radical (unpaired) electrons. The highest BCUT2D eigenvalue weighted by Gasteiger charge is 2.14. The number of hydrogen-bond donors (Lipinski definition) is 0. The zero-order chi connectivity index (χ0) is 10.7. The lowest BCUT2D eigenvalue weighted by Gasteiger charge is -2.17. The molecule has 2 nitrogen and oxygen atoms in total. The molecule has 1 aromatic heterocycles. The van der Waals surface area contributed by atoms with E-state index in [0.29, 0.717) is 6.54 Å². The first-order valence-corrected chi connectivity index (χ1v) is 6.71. The van der Waals surface area contributed by atoms with Crippen LogP contribution in [0.2, 0.25) is 0 Å². The molecule has 0 bridgehead atoms. The number of alkyl halides is 1. The summed E-state index contributed by atoms with van der Waals surface area (Å²) in [6.07, 6.45) is 0. The Kier molecular flexibility index (Phi) is 4.60. The monoisotopic (exact) mass is 339 g/mol. The second kappa shape index (κ2) is 5.28. The van der Waals surface area contributed by atoms with Gasteiger partial charge in [-0.15, -0.1) is 11.3 Å². The molecule has 78 valence electrons. The van der Waals surface area contributed by atoms with Crippen molar-refractivity contribution in [3.8, 4) is 0 Å². The van der Waals surface area contributed by atoms with E-state index in [-0.39, 0.29) is 10.7 Å². The van der Waals surface area contributed by atoms with Gasteiger partial charge in [0.1, 0.15) is 0 Å². The van der Waals surface area contributed by atoms with Gasteiger partial charge in [0.2, 0.25) is 5.91 Å². The molecule has 1 amide bonds. The quantitative estimate of drug-likeness (QED) is 0.773. The van der Waals surface area contributed by atoms with Crippen molar-refractivity contribution < 1.29 is 4.79 Å². The van der Waals surface area contributed by atoms with Gasteiger partial charge < -0.3 is 4.90 Å². The number of rotatable bonds is 3. The summed E-state index contributed by atoms with van der Waals surface area (Å²) in [6.45, 7) is 2.50. The maximum Gasteiger partial charge on any atom is 0.236 e. The molecule has 5 heteroatoms. The highest BCUT2D eigenvalue weighted by Crippen LogP contribution is 2.21. The Morgan fingerprint density at radius 2 is 2.36 bits per heavy atom. The van der Waals surface area contributed by atoms with E-state index in [1.165, 1.54) is 0 Å². The van der Waals surface area contributed by atoms with Crippen molar-refractivity contribution in [2.75, 3.05) is 7.05 Å². The second-order valence-electron chi connectivity index (χ2n) is 3.07. The molecule has 0 saturated carbocycles. The Hall–Kier alpha value is 0.130. The average Bonchev–Trinajstić information content (AvgIpc) is 2.49. The van der Waals surface area contributed by atoms with Crippen molar-refractivity contribution in [3.05, 3.63) is 20.8 Å². The summed E-state index contributed by atoms with van der Waals surface area (Å²) in [5, 5.41) is 2.05. The topological polar surface area (TPSA) is 20.3 Å². The molecule has 0 N–H and O–H groups in total. The molecule has 14 heavy (non-hydrogen) atoms. The number of thiophene rings is 1. The molecule has 0 aliphatic heterocycles. The van der Waals surface area contributed by atoms with Crippen LogP contribution in [0.3, 0.4) is 0 Å². The van der Waals surface area contributed by atoms with Gasteiger partial charge in [-0.25, -0.2) is 0 Å². The van der Waals surface area contributed by atoms with Crippen LogP contribution in [0.4, 0.5) is 0 Å². The summed E-state index contributed by atoms with van der Waals surface area (Å²) in [6, 6.07) is 2.04. The maximum absolute atomic E-state index is 11.5. The summed E-state index contributed by atoms with van der Waals surface area (Å²) >= 11 is 8.29. The van der Waals surface area contributed by atoms with Crippen LogP contribution in [0.1, 0.15) is 12.5 Å². The van der Waals surface area contributed by atoms with E-state index in [4.69, 9.17) is 0 Å². The molecular weight excluding hydrogens is 330 g/mol. The lowest BCUT2D eigenvalue weighted by Crippen LogP contribution is -2.31. The van der Waals surface area contributed by atoms with Crippen LogP contribution in [0.25, 0.3) is 0 Å². The summed E-state index contributed by atoms with van der Waals surface area (Å²) in [4.78, 5) is 13.1. The first-order valence-electron chi connectivity index (χ1n) is 4.12. The number of nitrogens with zero attached hydrogens (tertiary/aromatic N) is 1. The third kappa shape index (κ3) is 3.37. The molecule has 1 unspecified atom stereocenters. The van der Waals surface area contributed by atoms with Gasteiger partial charge in [-0.05, 0) is 39.9 Å². The normalized spacial score (nSPS) is 12.6. The Bertz CT molecular complexity index is 324. The van der Waals surface area contributed by atoms with Crippen LogP contribution >= 0.6 is 43.2 Å². The van der Waals surface area contributed by atoms with Crippen LogP contribution in [0.5, 0.6) is 0 Å². The van der Waals surface area contributed by atoms with Crippen molar-refractivity contribution in [2.24, 2.45) is 0 Å². The van der Waals surface area contributed by atoms with Crippen LogP contribution in [-0.4, -0.2) is 22.7 Å². The average molecular weight is 341 g/mol. The van der Waals surface area contributed by atoms with E-state index in [1.54, 1.807) is 16.2 Å². The largest absolute Gasteiger partial charge is 0.340 e. The molecule has 0 aliphatic rings. The van der Waals surface area contributed by atoms with Gasteiger partial charge in [0.15, 0.2) is 0 Å². The van der Waals surface area contributed by atoms with Gasteiger partial charge in [-0.2, -0.15) is 0 Å². The summed E-state index contributed by atoms with van der Waals surface area (Å²) in [5.74, 6) is 0.104. The zero-order valence-corrected chi connectivity index (χ0v) is 11.9. The van der Waals surface area contributed by atoms with Gasteiger partial charge in [0.25, 0.3) is 0 Å². The summed E-state index contributed by atoms with van der Waals surface area (Å²) < 4.78 is 1.10. The Morgan fingerprint density at radius 3 is 2.79 bits per heavy atom. The molecule has 0 saturated heterocycles. The second-order valence-corrected chi connectivity index (χ2v) is 6.73. The summed E-state index contributed by atoms with van der Waals surface area (Å²) in [7, 11) is 1.81. The third-order valence-electron chi connectivity index (χ3n) is 1.76. The number of carbonyl (C=O) groups excluding carboxylic acids is 1. The Labute approximate surface area is 105 Å². The van der Waals surface area contributed by atoms with Gasteiger partial charge in [-0.1, -0.05) is 15.9 Å². The van der Waals surface area contributed by atoms with Crippen molar-refractivity contribution in [2.45, 2.75) is 18.3 Å². The predicted octanol–water partition coefficient (Wildman–Crippen LogP) is 3.25. The molecule has 0 aromatic carbocycles. The first kappa shape index (κ1) is 12.2. The van der Waals surface area contributed by atoms with Gasteiger partial charge >= 0.3 is 0 Å². The lowest BCUT2D eigenvalue weighted by atomic mass is 10.3. The minimum Gasteiger partial charge on any atom is -0.340 e. The van der Waals surface area contributed by atoms with Crippen molar-refractivity contribution >= 4 is 49.1 Å². The molecular formula is C9H11Br2NOS. The van der Waals surface area contributed by atoms with Crippen LogP contribution in [0.15, 0.2) is 15.2 Å². The van der Waals surface area contributed by atoms with E-state index in [1.807, 2.05) is 25.4 Å². The maximum atomic E-state index is 11.5. The highest BCUT2D eigenvalue weighted by atomic mass is 79.9. The van der Waals surface area contributed by atoms with E-state index >= 15 is 0 Å². The van der Waals surface area contributed by atoms with E-state index in [9.17, 15) is 4.79 Å². The zero-order valence-electron chi connectivity index (χ0n) is 7.96. The lowest BCUT2D eigenvalue weighted by molar-refractivity contribution is -0.129. The van der Waals surface area contributed by atoms with Crippen LogP contribution in [-0.2, 0) is 11.3 Å². The van der Waals surface area contributed by atoms with Gasteiger partial charge in [0, 0.05) is 13.6 Å². The number of halogens is 2. The predicted molar refractivity (Wildman–Crippen MR) is 66.9 cm³/mol. The van der Waals surface area contributed by atoms with E-state index in [0.717, 1.165) is 9.35 Å². The number of hydrogen-bond acceptors (Lipinski definition) is 2. The van der Waals surface area contributed by atoms with Crippen LogP contribution < -0.4 is 0 Å². The summed E-state index contributed by atoms with van der Waals surface area (Å²) in [5.41, 5.74) is 1.16. The van der Waals surface area contributed by atoms with Crippen molar-refractivity contribution in [1.82, 2.24) is 4.90 Å². The Morgan fingerprint density at radius 1 is 1.71 bits per heavy atom. The molecule has 0 spiro atoms. The molecule has 0 fully saturated rings. The fourth-order valence-corrected chi connectivity index (χ4v) is 2.63.